The quantitative estimate of drug-likeness (QED) is 0.763. The lowest BCUT2D eigenvalue weighted by molar-refractivity contribution is -0.132. The zero-order chi connectivity index (χ0) is 18.7. The van der Waals surface area contributed by atoms with Crippen molar-refractivity contribution < 1.29 is 22.4 Å². The number of rotatable bonds is 3. The number of sulfonamides is 1. The van der Waals surface area contributed by atoms with Crippen molar-refractivity contribution in [2.24, 2.45) is 0 Å². The molecule has 0 bridgehead atoms. The summed E-state index contributed by atoms with van der Waals surface area (Å²) >= 11 is 0. The molecule has 3 rings (SSSR count). The van der Waals surface area contributed by atoms with Gasteiger partial charge in [0, 0.05) is 38.3 Å². The van der Waals surface area contributed by atoms with Crippen LogP contribution in [0.2, 0.25) is 0 Å². The molecule has 0 atom stereocenters. The van der Waals surface area contributed by atoms with E-state index in [1.807, 2.05) is 0 Å². The fourth-order valence-electron chi connectivity index (χ4n) is 3.20. The van der Waals surface area contributed by atoms with Crippen LogP contribution in [0, 0.1) is 5.82 Å². The number of hydrogen-bond acceptors (Lipinski definition) is 4. The molecule has 142 valence electrons. The minimum atomic E-state index is -3.33. The first-order chi connectivity index (χ1) is 12.4. The Bertz CT molecular complexity index is 774. The van der Waals surface area contributed by atoms with E-state index in [4.69, 9.17) is 0 Å². The molecule has 9 heteroatoms. The molecule has 2 fully saturated rings. The number of benzene rings is 1. The van der Waals surface area contributed by atoms with E-state index in [-0.39, 0.29) is 24.1 Å². The number of hydrogen-bond donors (Lipinski definition) is 0. The molecule has 1 aromatic rings. The molecule has 0 radical (unpaired) electrons. The highest BCUT2D eigenvalue weighted by Crippen LogP contribution is 2.15. The number of nitrogens with zero attached hydrogens (tertiary/aromatic N) is 3. The monoisotopic (exact) mass is 383 g/mol. The highest BCUT2D eigenvalue weighted by atomic mass is 32.2. The number of piperazine rings is 1. The first kappa shape index (κ1) is 18.8. The van der Waals surface area contributed by atoms with Crippen molar-refractivity contribution in [2.45, 2.75) is 12.8 Å². The van der Waals surface area contributed by atoms with Crippen molar-refractivity contribution in [2.75, 3.05) is 45.0 Å². The van der Waals surface area contributed by atoms with E-state index < -0.39 is 15.8 Å². The minimum Gasteiger partial charge on any atom is -0.338 e. The van der Waals surface area contributed by atoms with Gasteiger partial charge in [-0.3, -0.25) is 9.59 Å². The van der Waals surface area contributed by atoms with Crippen LogP contribution in [-0.4, -0.2) is 79.4 Å². The van der Waals surface area contributed by atoms with Gasteiger partial charge >= 0.3 is 0 Å². The fraction of sp³-hybridized carbons (Fsp3) is 0.529. The topological polar surface area (TPSA) is 78.0 Å². The van der Waals surface area contributed by atoms with Gasteiger partial charge in [-0.15, -0.1) is 0 Å². The molecule has 2 heterocycles. The van der Waals surface area contributed by atoms with Crippen molar-refractivity contribution in [1.29, 1.82) is 0 Å². The number of halogens is 1. The van der Waals surface area contributed by atoms with Crippen molar-refractivity contribution in [3.05, 3.63) is 35.6 Å². The van der Waals surface area contributed by atoms with E-state index in [1.54, 1.807) is 9.80 Å². The Morgan fingerprint density at radius 2 is 1.54 bits per heavy atom. The van der Waals surface area contributed by atoms with Crippen LogP contribution in [0.15, 0.2) is 24.3 Å². The van der Waals surface area contributed by atoms with E-state index in [9.17, 15) is 22.4 Å². The summed E-state index contributed by atoms with van der Waals surface area (Å²) < 4.78 is 38.2. The summed E-state index contributed by atoms with van der Waals surface area (Å²) in [5, 5.41) is 0. The molecule has 0 saturated carbocycles. The normalized spacial score (nSPS) is 20.8. The second-order valence-electron chi connectivity index (χ2n) is 6.54. The summed E-state index contributed by atoms with van der Waals surface area (Å²) in [6, 6.07) is 5.37. The van der Waals surface area contributed by atoms with E-state index >= 15 is 0 Å². The van der Waals surface area contributed by atoms with Crippen LogP contribution in [-0.2, 0) is 14.8 Å². The molecule has 0 N–H and O–H groups in total. The maximum absolute atomic E-state index is 13.0. The van der Waals surface area contributed by atoms with Gasteiger partial charge in [0.15, 0.2) is 0 Å². The van der Waals surface area contributed by atoms with Gasteiger partial charge in [-0.25, -0.2) is 12.8 Å². The molecule has 0 aliphatic carbocycles. The smallest absolute Gasteiger partial charge is 0.253 e. The van der Waals surface area contributed by atoms with E-state index in [1.165, 1.54) is 28.6 Å². The molecular formula is C17H22FN3O4S. The summed E-state index contributed by atoms with van der Waals surface area (Å²) in [6.07, 6.45) is 1.41. The first-order valence-electron chi connectivity index (χ1n) is 8.67. The molecule has 0 aromatic heterocycles. The molecule has 7 nitrogen and oxygen atoms in total. The SMILES string of the molecule is O=C(CN1CCCCS1(=O)=O)N1CCN(C(=O)c2ccc(F)cc2)CC1. The lowest BCUT2D eigenvalue weighted by atomic mass is 10.2. The van der Waals surface area contributed by atoms with Gasteiger partial charge in [0.1, 0.15) is 5.82 Å². The van der Waals surface area contributed by atoms with Crippen molar-refractivity contribution in [1.82, 2.24) is 14.1 Å². The van der Waals surface area contributed by atoms with E-state index in [0.717, 1.165) is 6.42 Å². The average molecular weight is 383 g/mol. The van der Waals surface area contributed by atoms with Crippen LogP contribution in [0.4, 0.5) is 4.39 Å². The second-order valence-corrected chi connectivity index (χ2v) is 8.63. The maximum atomic E-state index is 13.0. The third-order valence-corrected chi connectivity index (χ3v) is 6.68. The number of carbonyl (C=O) groups excluding carboxylic acids is 2. The molecule has 26 heavy (non-hydrogen) atoms. The molecule has 2 aliphatic heterocycles. The van der Waals surface area contributed by atoms with Gasteiger partial charge in [0.25, 0.3) is 5.91 Å². The highest BCUT2D eigenvalue weighted by molar-refractivity contribution is 7.89. The third-order valence-electron chi connectivity index (χ3n) is 4.78. The van der Waals surface area contributed by atoms with Crippen LogP contribution in [0.1, 0.15) is 23.2 Å². The zero-order valence-electron chi connectivity index (χ0n) is 14.4. The summed E-state index contributed by atoms with van der Waals surface area (Å²) in [5.41, 5.74) is 0.408. The Labute approximate surface area is 152 Å². The van der Waals surface area contributed by atoms with Gasteiger partial charge in [-0.1, -0.05) is 0 Å². The predicted octanol–water partition coefficient (Wildman–Crippen LogP) is 0.536. The minimum absolute atomic E-state index is 0.0974. The van der Waals surface area contributed by atoms with Crippen LogP contribution in [0.3, 0.4) is 0 Å². The second kappa shape index (κ2) is 7.71. The molecule has 0 unspecified atom stereocenters. The van der Waals surface area contributed by atoms with E-state index in [2.05, 4.69) is 0 Å². The Hall–Kier alpha value is -2.00. The molecule has 2 aliphatic rings. The molecule has 2 saturated heterocycles. The summed E-state index contributed by atoms with van der Waals surface area (Å²) in [7, 11) is -3.33. The third kappa shape index (κ3) is 4.21. The zero-order valence-corrected chi connectivity index (χ0v) is 15.3. The summed E-state index contributed by atoms with van der Waals surface area (Å²) in [4.78, 5) is 28.0. The maximum Gasteiger partial charge on any atom is 0.253 e. The fourth-order valence-corrected chi connectivity index (χ4v) is 4.74. The van der Waals surface area contributed by atoms with Crippen LogP contribution in [0.5, 0.6) is 0 Å². The predicted molar refractivity (Wildman–Crippen MR) is 93.5 cm³/mol. The van der Waals surface area contributed by atoms with Crippen LogP contribution < -0.4 is 0 Å². The van der Waals surface area contributed by atoms with Crippen molar-refractivity contribution in [3.63, 3.8) is 0 Å². The van der Waals surface area contributed by atoms with Gasteiger partial charge in [-0.2, -0.15) is 4.31 Å². The lowest BCUT2D eigenvalue weighted by Gasteiger charge is -2.36. The van der Waals surface area contributed by atoms with Crippen molar-refractivity contribution in [3.8, 4) is 0 Å². The largest absolute Gasteiger partial charge is 0.338 e. The Morgan fingerprint density at radius 3 is 2.15 bits per heavy atom. The average Bonchev–Trinajstić information content (AvgIpc) is 2.63. The van der Waals surface area contributed by atoms with Crippen LogP contribution >= 0.6 is 0 Å². The molecular weight excluding hydrogens is 361 g/mol. The Balaban J connectivity index is 1.53. The van der Waals surface area contributed by atoms with Crippen molar-refractivity contribution >= 4 is 21.8 Å². The molecule has 1 aromatic carbocycles. The summed E-state index contributed by atoms with van der Waals surface area (Å²) in [5.74, 6) is -0.732. The lowest BCUT2D eigenvalue weighted by Crippen LogP contribution is -2.53. The van der Waals surface area contributed by atoms with Gasteiger partial charge in [-0.05, 0) is 37.1 Å². The number of amides is 2. The van der Waals surface area contributed by atoms with Gasteiger partial charge in [0.2, 0.25) is 15.9 Å². The van der Waals surface area contributed by atoms with E-state index in [0.29, 0.717) is 44.7 Å². The standard InChI is InChI=1S/C17H22FN3O4S/c18-15-5-3-14(4-6-15)17(23)20-10-8-19(9-11-20)16(22)13-21-7-1-2-12-26(21,24)25/h3-6H,1-2,7-13H2. The first-order valence-corrected chi connectivity index (χ1v) is 10.3. The van der Waals surface area contributed by atoms with Crippen LogP contribution in [0.25, 0.3) is 0 Å². The Morgan fingerprint density at radius 1 is 0.923 bits per heavy atom. The molecule has 0 spiro atoms. The molecule has 2 amide bonds. The van der Waals surface area contributed by atoms with Gasteiger partial charge in [0.05, 0.1) is 12.3 Å². The van der Waals surface area contributed by atoms with Gasteiger partial charge < -0.3 is 9.80 Å². The highest BCUT2D eigenvalue weighted by Gasteiger charge is 2.31. The summed E-state index contributed by atoms with van der Waals surface area (Å²) in [6.45, 7) is 1.72. The number of carbonyl (C=O) groups is 2. The Kier molecular flexibility index (Phi) is 5.57.